The third kappa shape index (κ3) is 6.42. The molecule has 1 aromatic rings. The number of hydrogen-bond donors (Lipinski definition) is 1. The van der Waals surface area contributed by atoms with Crippen LogP contribution >= 0.6 is 23.2 Å². The van der Waals surface area contributed by atoms with Gasteiger partial charge in [0.15, 0.2) is 0 Å². The van der Waals surface area contributed by atoms with E-state index in [-0.39, 0.29) is 12.6 Å². The van der Waals surface area contributed by atoms with Crippen LogP contribution in [0.4, 0.5) is 0 Å². The van der Waals surface area contributed by atoms with Crippen LogP contribution < -0.4 is 4.74 Å². The van der Waals surface area contributed by atoms with Crippen molar-refractivity contribution in [1.82, 2.24) is 0 Å². The van der Waals surface area contributed by atoms with E-state index >= 15 is 0 Å². The molecule has 1 aromatic carbocycles. The van der Waals surface area contributed by atoms with Gasteiger partial charge in [-0.15, -0.1) is 0 Å². The molecule has 124 valence electrons. The van der Waals surface area contributed by atoms with Gasteiger partial charge in [0.2, 0.25) is 0 Å². The Labute approximate surface area is 141 Å². The molecule has 6 heteroatoms. The van der Waals surface area contributed by atoms with Gasteiger partial charge < -0.3 is 14.6 Å². The molecule has 0 aliphatic heterocycles. The quantitative estimate of drug-likeness (QED) is 0.586. The third-order valence-electron chi connectivity index (χ3n) is 2.76. The summed E-state index contributed by atoms with van der Waals surface area (Å²) in [5, 5.41) is 10.0. The Kier molecular flexibility index (Phi) is 7.46. The summed E-state index contributed by atoms with van der Waals surface area (Å²) in [6.45, 7) is 5.71. The van der Waals surface area contributed by atoms with Crippen molar-refractivity contribution >= 4 is 29.2 Å². The molecule has 0 radical (unpaired) electrons. The number of carbonyl (C=O) groups excluding carboxylic acids is 1. The van der Waals surface area contributed by atoms with Gasteiger partial charge in [0, 0.05) is 12.0 Å². The number of aliphatic hydroxyl groups excluding tert-OH is 1. The lowest BCUT2D eigenvalue weighted by atomic mass is 10.2. The highest BCUT2D eigenvalue weighted by molar-refractivity contribution is 6.42. The minimum Gasteiger partial charge on any atom is -0.493 e. The summed E-state index contributed by atoms with van der Waals surface area (Å²) in [6, 6.07) is 3.30. The maximum Gasteiger partial charge on any atom is 0.306 e. The Bertz CT molecular complexity index is 510. The molecule has 0 fully saturated rings. The first-order valence-corrected chi connectivity index (χ1v) is 7.92. The van der Waals surface area contributed by atoms with Crippen LogP contribution in [0.2, 0.25) is 10.0 Å². The Morgan fingerprint density at radius 1 is 1.23 bits per heavy atom. The lowest BCUT2D eigenvalue weighted by Gasteiger charge is -2.19. The summed E-state index contributed by atoms with van der Waals surface area (Å²) >= 11 is 11.9. The van der Waals surface area contributed by atoms with E-state index in [1.807, 2.05) is 20.8 Å². The molecular formula is C16H22Cl2O4. The molecule has 22 heavy (non-hydrogen) atoms. The van der Waals surface area contributed by atoms with E-state index in [1.54, 1.807) is 12.1 Å². The lowest BCUT2D eigenvalue weighted by molar-refractivity contribution is -0.154. The van der Waals surface area contributed by atoms with Crippen molar-refractivity contribution in [2.45, 2.75) is 52.2 Å². The predicted molar refractivity (Wildman–Crippen MR) is 87.6 cm³/mol. The van der Waals surface area contributed by atoms with Gasteiger partial charge in [-0.1, -0.05) is 23.2 Å². The van der Waals surface area contributed by atoms with Gasteiger partial charge in [-0.2, -0.15) is 0 Å². The van der Waals surface area contributed by atoms with E-state index in [0.717, 1.165) is 0 Å². The zero-order chi connectivity index (χ0) is 16.8. The molecule has 0 atom stereocenters. The van der Waals surface area contributed by atoms with Gasteiger partial charge in [0.1, 0.15) is 11.4 Å². The van der Waals surface area contributed by atoms with Crippen molar-refractivity contribution in [2.24, 2.45) is 0 Å². The normalized spacial score (nSPS) is 11.4. The summed E-state index contributed by atoms with van der Waals surface area (Å²) in [7, 11) is 0. The summed E-state index contributed by atoms with van der Waals surface area (Å²) in [5.41, 5.74) is 0.0187. The highest BCUT2D eigenvalue weighted by Crippen LogP contribution is 2.33. The molecule has 0 unspecified atom stereocenters. The SMILES string of the molecule is CC(C)(C)OC(=O)CCCCOc1ccc(Cl)c(Cl)c1CO. The number of hydrogen-bond acceptors (Lipinski definition) is 4. The van der Waals surface area contributed by atoms with E-state index in [0.29, 0.717) is 47.2 Å². The van der Waals surface area contributed by atoms with Gasteiger partial charge in [0.25, 0.3) is 0 Å². The molecule has 0 saturated heterocycles. The van der Waals surface area contributed by atoms with Crippen molar-refractivity contribution in [3.63, 3.8) is 0 Å². The monoisotopic (exact) mass is 348 g/mol. The molecule has 0 saturated carbocycles. The second-order valence-corrected chi connectivity index (χ2v) is 6.67. The summed E-state index contributed by atoms with van der Waals surface area (Å²) < 4.78 is 10.8. The Morgan fingerprint density at radius 3 is 2.50 bits per heavy atom. The topological polar surface area (TPSA) is 55.8 Å². The van der Waals surface area contributed by atoms with E-state index in [9.17, 15) is 9.90 Å². The fraction of sp³-hybridized carbons (Fsp3) is 0.562. The maximum absolute atomic E-state index is 11.5. The summed E-state index contributed by atoms with van der Waals surface area (Å²) in [5.74, 6) is 0.298. The predicted octanol–water partition coefficient (Wildman–Crippen LogP) is 4.38. The lowest BCUT2D eigenvalue weighted by Crippen LogP contribution is -2.23. The van der Waals surface area contributed by atoms with Crippen LogP contribution in [0.1, 0.15) is 45.6 Å². The Balaban J connectivity index is 2.37. The number of benzene rings is 1. The van der Waals surface area contributed by atoms with Gasteiger partial charge in [-0.3, -0.25) is 4.79 Å². The average molecular weight is 349 g/mol. The average Bonchev–Trinajstić information content (AvgIpc) is 2.40. The molecule has 1 rings (SSSR count). The van der Waals surface area contributed by atoms with Crippen molar-refractivity contribution < 1.29 is 19.4 Å². The van der Waals surface area contributed by atoms with Gasteiger partial charge in [-0.25, -0.2) is 0 Å². The highest BCUT2D eigenvalue weighted by Gasteiger charge is 2.15. The Hall–Kier alpha value is -0.970. The van der Waals surface area contributed by atoms with Crippen molar-refractivity contribution in [2.75, 3.05) is 6.61 Å². The van der Waals surface area contributed by atoms with Crippen LogP contribution in [0.25, 0.3) is 0 Å². The molecule has 0 heterocycles. The van der Waals surface area contributed by atoms with Crippen LogP contribution in [0, 0.1) is 0 Å². The number of ether oxygens (including phenoxy) is 2. The molecule has 1 N–H and O–H groups in total. The van der Waals surface area contributed by atoms with Crippen LogP contribution in [-0.2, 0) is 16.1 Å². The van der Waals surface area contributed by atoms with Crippen molar-refractivity contribution in [3.05, 3.63) is 27.7 Å². The second kappa shape index (κ2) is 8.61. The molecular weight excluding hydrogens is 327 g/mol. The van der Waals surface area contributed by atoms with Crippen LogP contribution in [0.3, 0.4) is 0 Å². The molecule has 0 aromatic heterocycles. The minimum absolute atomic E-state index is 0.210. The van der Waals surface area contributed by atoms with Crippen molar-refractivity contribution in [3.8, 4) is 5.75 Å². The first kappa shape index (κ1) is 19.1. The number of unbranched alkanes of at least 4 members (excludes halogenated alkanes) is 1. The van der Waals surface area contributed by atoms with Gasteiger partial charge in [0.05, 0.1) is 23.3 Å². The standard InChI is InChI=1S/C16H22Cl2O4/c1-16(2,3)22-14(20)6-4-5-9-21-13-8-7-12(17)15(18)11(13)10-19/h7-8,19H,4-6,9-10H2,1-3H3. The fourth-order valence-electron chi connectivity index (χ4n) is 1.80. The molecule has 0 amide bonds. The van der Waals surface area contributed by atoms with Crippen molar-refractivity contribution in [1.29, 1.82) is 0 Å². The molecule has 0 aliphatic rings. The molecule has 4 nitrogen and oxygen atoms in total. The van der Waals surface area contributed by atoms with Crippen LogP contribution in [-0.4, -0.2) is 23.3 Å². The second-order valence-electron chi connectivity index (χ2n) is 5.89. The number of carbonyl (C=O) groups is 1. The summed E-state index contributed by atoms with van der Waals surface area (Å²) in [4.78, 5) is 11.5. The van der Waals surface area contributed by atoms with Gasteiger partial charge in [-0.05, 0) is 45.7 Å². The van der Waals surface area contributed by atoms with Crippen LogP contribution in [0.5, 0.6) is 5.75 Å². The number of halogens is 2. The number of rotatable bonds is 7. The third-order valence-corrected chi connectivity index (χ3v) is 3.61. The first-order valence-electron chi connectivity index (χ1n) is 7.17. The van der Waals surface area contributed by atoms with E-state index in [2.05, 4.69) is 0 Å². The smallest absolute Gasteiger partial charge is 0.306 e. The van der Waals surface area contributed by atoms with E-state index in [4.69, 9.17) is 32.7 Å². The number of esters is 1. The van der Waals surface area contributed by atoms with Gasteiger partial charge >= 0.3 is 5.97 Å². The fourth-order valence-corrected chi connectivity index (χ4v) is 2.20. The molecule has 0 spiro atoms. The van der Waals surface area contributed by atoms with E-state index < -0.39 is 5.60 Å². The summed E-state index contributed by atoms with van der Waals surface area (Å²) in [6.07, 6.45) is 1.73. The molecule has 0 aliphatic carbocycles. The minimum atomic E-state index is -0.455. The Morgan fingerprint density at radius 2 is 1.91 bits per heavy atom. The zero-order valence-electron chi connectivity index (χ0n) is 13.1. The maximum atomic E-state index is 11.5. The van der Waals surface area contributed by atoms with E-state index in [1.165, 1.54) is 0 Å². The first-order chi connectivity index (χ1) is 10.2. The highest BCUT2D eigenvalue weighted by atomic mass is 35.5. The largest absolute Gasteiger partial charge is 0.493 e. The number of aliphatic hydroxyl groups is 1. The van der Waals surface area contributed by atoms with Crippen LogP contribution in [0.15, 0.2) is 12.1 Å². The molecule has 0 bridgehead atoms. The zero-order valence-corrected chi connectivity index (χ0v) is 14.6.